The summed E-state index contributed by atoms with van der Waals surface area (Å²) in [7, 11) is -4.47. The van der Waals surface area contributed by atoms with Crippen molar-refractivity contribution in [3.8, 4) is 0 Å². The van der Waals surface area contributed by atoms with Crippen molar-refractivity contribution in [1.82, 2.24) is 5.01 Å². The lowest BCUT2D eigenvalue weighted by Crippen LogP contribution is -2.36. The quantitative estimate of drug-likeness (QED) is 0.278. The van der Waals surface area contributed by atoms with Crippen molar-refractivity contribution in [2.75, 3.05) is 6.54 Å². The fourth-order valence-electron chi connectivity index (χ4n) is 3.93. The largest absolute Gasteiger partial charge is 0.416 e. The number of hydrogen-bond acceptors (Lipinski definition) is 3. The van der Waals surface area contributed by atoms with Crippen LogP contribution in [-0.4, -0.2) is 37.5 Å². The van der Waals surface area contributed by atoms with Gasteiger partial charge in [-0.2, -0.15) is 31.7 Å². The molecule has 2 N–H and O–H groups in total. The lowest BCUT2D eigenvalue weighted by atomic mass is 9.86. The second kappa shape index (κ2) is 10.7. The molecule has 3 aromatic carbocycles. The van der Waals surface area contributed by atoms with Crippen LogP contribution in [-0.2, 0) is 16.2 Å². The van der Waals surface area contributed by atoms with Crippen LogP contribution in [0.4, 0.5) is 17.6 Å². The van der Waals surface area contributed by atoms with E-state index in [9.17, 15) is 26.0 Å². The van der Waals surface area contributed by atoms with E-state index in [0.29, 0.717) is 29.8 Å². The van der Waals surface area contributed by atoms with Gasteiger partial charge in [0, 0.05) is 12.5 Å². The van der Waals surface area contributed by atoms with Gasteiger partial charge in [-0.1, -0.05) is 42.5 Å². The molecular weight excluding hydrogens is 522 g/mol. The number of halogens is 4. The van der Waals surface area contributed by atoms with E-state index in [2.05, 4.69) is 14.5 Å². The van der Waals surface area contributed by atoms with E-state index in [0.717, 1.165) is 17.7 Å². The molecule has 3 aromatic rings. The first kappa shape index (κ1) is 27.0. The molecule has 1 aliphatic rings. The van der Waals surface area contributed by atoms with Crippen LogP contribution in [0.3, 0.4) is 0 Å². The maximum absolute atomic E-state index is 13.6. The highest BCUT2D eigenvalue weighted by Gasteiger charge is 2.32. The number of sulfonamides is 1. The van der Waals surface area contributed by atoms with Gasteiger partial charge in [0.15, 0.2) is 0 Å². The molecule has 1 aliphatic heterocycles. The van der Waals surface area contributed by atoms with Crippen LogP contribution in [0.15, 0.2) is 98.2 Å². The van der Waals surface area contributed by atoms with Crippen molar-refractivity contribution in [2.24, 2.45) is 20.2 Å². The molecular formula is C26H23F4N5O2S. The molecule has 1 unspecified atom stereocenters. The molecule has 0 saturated heterocycles. The number of benzene rings is 3. The SMILES string of the molecule is CC(N)=NC(=NS(=O)(=O)c1ccc(C(F)(F)F)cc1)N1CCC(c2ccccc2)C(c2ccc(F)cc2)=N1. The summed E-state index contributed by atoms with van der Waals surface area (Å²) < 4.78 is 82.2. The third-order valence-corrected chi connectivity index (χ3v) is 6.99. The van der Waals surface area contributed by atoms with E-state index in [4.69, 9.17) is 5.73 Å². The monoisotopic (exact) mass is 545 g/mol. The minimum atomic E-state index is -4.62. The Morgan fingerprint density at radius 2 is 1.63 bits per heavy atom. The minimum Gasteiger partial charge on any atom is -0.387 e. The molecule has 0 saturated carbocycles. The molecule has 0 radical (unpaired) electrons. The Morgan fingerprint density at radius 3 is 2.21 bits per heavy atom. The van der Waals surface area contributed by atoms with E-state index in [1.165, 1.54) is 24.1 Å². The van der Waals surface area contributed by atoms with Crippen LogP contribution in [0.1, 0.15) is 36.0 Å². The van der Waals surface area contributed by atoms with Crippen LogP contribution in [0.25, 0.3) is 0 Å². The Kier molecular flexibility index (Phi) is 7.63. The average molecular weight is 546 g/mol. The van der Waals surface area contributed by atoms with Gasteiger partial charge in [0.1, 0.15) is 5.82 Å². The molecule has 0 aromatic heterocycles. The van der Waals surface area contributed by atoms with Gasteiger partial charge in [0.25, 0.3) is 16.0 Å². The Bertz CT molecular complexity index is 1480. The van der Waals surface area contributed by atoms with Gasteiger partial charge in [-0.05, 0) is 60.9 Å². The summed E-state index contributed by atoms with van der Waals surface area (Å²) in [6.07, 6.45) is -4.13. The van der Waals surface area contributed by atoms with Crippen LogP contribution >= 0.6 is 0 Å². The summed E-state index contributed by atoms with van der Waals surface area (Å²) in [5.74, 6) is -0.966. The third kappa shape index (κ3) is 6.25. The number of alkyl halides is 3. The minimum absolute atomic E-state index is 0.00455. The smallest absolute Gasteiger partial charge is 0.387 e. The maximum atomic E-state index is 13.6. The summed E-state index contributed by atoms with van der Waals surface area (Å²) in [5, 5.41) is 5.91. The Hall–Kier alpha value is -4.06. The van der Waals surface area contributed by atoms with Crippen molar-refractivity contribution in [3.63, 3.8) is 0 Å². The summed E-state index contributed by atoms with van der Waals surface area (Å²) in [5.41, 5.74) is 6.86. The van der Waals surface area contributed by atoms with E-state index in [1.807, 2.05) is 30.3 Å². The Balaban J connectivity index is 1.78. The maximum Gasteiger partial charge on any atom is 0.416 e. The average Bonchev–Trinajstić information content (AvgIpc) is 2.88. The number of amidine groups is 1. The first-order chi connectivity index (χ1) is 17.9. The Morgan fingerprint density at radius 1 is 1.00 bits per heavy atom. The fourth-order valence-corrected chi connectivity index (χ4v) is 4.87. The van der Waals surface area contributed by atoms with Crippen molar-refractivity contribution in [1.29, 1.82) is 0 Å². The number of hydrazone groups is 1. The van der Waals surface area contributed by atoms with Gasteiger partial charge >= 0.3 is 6.18 Å². The molecule has 0 aliphatic carbocycles. The number of nitrogens with two attached hydrogens (primary N) is 1. The van der Waals surface area contributed by atoms with Crippen molar-refractivity contribution >= 4 is 27.5 Å². The van der Waals surface area contributed by atoms with Crippen molar-refractivity contribution < 1.29 is 26.0 Å². The Labute approximate surface area is 217 Å². The second-order valence-electron chi connectivity index (χ2n) is 8.51. The van der Waals surface area contributed by atoms with Gasteiger partial charge in [-0.15, -0.1) is 4.40 Å². The molecule has 12 heteroatoms. The number of aliphatic imine (C=N–C) groups is 1. The molecule has 7 nitrogen and oxygen atoms in total. The summed E-state index contributed by atoms with van der Waals surface area (Å²) in [4.78, 5) is 3.60. The highest BCUT2D eigenvalue weighted by atomic mass is 32.2. The molecule has 198 valence electrons. The highest BCUT2D eigenvalue weighted by Crippen LogP contribution is 2.31. The number of nitrogens with zero attached hydrogens (tertiary/aromatic N) is 4. The summed E-state index contributed by atoms with van der Waals surface area (Å²) in [6.45, 7) is 1.64. The molecule has 1 heterocycles. The zero-order valence-electron chi connectivity index (χ0n) is 20.1. The number of hydrogen-bond donors (Lipinski definition) is 1. The molecule has 0 amide bonds. The van der Waals surface area contributed by atoms with Crippen LogP contribution in [0.2, 0.25) is 0 Å². The highest BCUT2D eigenvalue weighted by molar-refractivity contribution is 7.90. The molecule has 0 spiro atoms. The van der Waals surface area contributed by atoms with Crippen LogP contribution in [0, 0.1) is 5.82 Å². The van der Waals surface area contributed by atoms with Crippen LogP contribution < -0.4 is 5.73 Å². The van der Waals surface area contributed by atoms with Crippen molar-refractivity contribution in [2.45, 2.75) is 30.3 Å². The lowest BCUT2D eigenvalue weighted by Gasteiger charge is -2.30. The summed E-state index contributed by atoms with van der Waals surface area (Å²) >= 11 is 0. The molecule has 0 fully saturated rings. The number of rotatable bonds is 4. The van der Waals surface area contributed by atoms with Gasteiger partial charge in [0.05, 0.1) is 22.0 Å². The predicted molar refractivity (Wildman–Crippen MR) is 137 cm³/mol. The number of guanidine groups is 1. The van der Waals surface area contributed by atoms with Gasteiger partial charge < -0.3 is 5.73 Å². The van der Waals surface area contributed by atoms with E-state index >= 15 is 0 Å². The lowest BCUT2D eigenvalue weighted by molar-refractivity contribution is -0.137. The zero-order chi connectivity index (χ0) is 27.5. The van der Waals surface area contributed by atoms with Gasteiger partial charge in [-0.3, -0.25) is 0 Å². The molecule has 0 bridgehead atoms. The molecule has 38 heavy (non-hydrogen) atoms. The van der Waals surface area contributed by atoms with Gasteiger partial charge in [-0.25, -0.2) is 9.40 Å². The normalized spacial score (nSPS) is 17.3. The van der Waals surface area contributed by atoms with Crippen molar-refractivity contribution in [3.05, 3.63) is 101 Å². The second-order valence-corrected chi connectivity index (χ2v) is 10.1. The van der Waals surface area contributed by atoms with Crippen LogP contribution in [0.5, 0.6) is 0 Å². The first-order valence-corrected chi connectivity index (χ1v) is 12.9. The standard InChI is InChI=1S/C26H23F4N5O2S/c1-17(31)32-25(34-38(36,37)22-13-9-20(10-14-22)26(28,29)30)35-16-15-23(18-5-3-2-4-6-18)24(33-35)19-7-11-21(27)12-8-19/h2-14,23H,15-16H2,1H3,(H2,31,32,34). The summed E-state index contributed by atoms with van der Waals surface area (Å²) in [6, 6.07) is 18.2. The third-order valence-electron chi connectivity index (χ3n) is 5.72. The fraction of sp³-hybridized carbons (Fsp3) is 0.192. The zero-order valence-corrected chi connectivity index (χ0v) is 20.9. The topological polar surface area (TPSA) is 100 Å². The van der Waals surface area contributed by atoms with Gasteiger partial charge in [0.2, 0.25) is 0 Å². The molecule has 4 rings (SSSR count). The van der Waals surface area contributed by atoms with E-state index in [1.54, 1.807) is 12.1 Å². The predicted octanol–water partition coefficient (Wildman–Crippen LogP) is 5.16. The van der Waals surface area contributed by atoms with E-state index in [-0.39, 0.29) is 24.3 Å². The van der Waals surface area contributed by atoms with E-state index < -0.39 is 32.5 Å². The molecule has 1 atom stereocenters. The first-order valence-electron chi connectivity index (χ1n) is 11.4.